The topological polar surface area (TPSA) is 71.8 Å². The Morgan fingerprint density at radius 1 is 1.04 bits per heavy atom. The molecular formula is C17H12F4N6S. The lowest BCUT2D eigenvalue weighted by molar-refractivity contribution is -0.146. The highest BCUT2D eigenvalue weighted by atomic mass is 32.2. The van der Waals surface area contributed by atoms with Crippen molar-refractivity contribution in [3.63, 3.8) is 0 Å². The molecule has 6 nitrogen and oxygen atoms in total. The molecule has 0 bridgehead atoms. The Morgan fingerprint density at radius 2 is 1.75 bits per heavy atom. The number of imidazole rings is 1. The number of nitrogens with zero attached hydrogens (tertiary/aromatic N) is 5. The highest BCUT2D eigenvalue weighted by Crippen LogP contribution is 2.33. The Kier molecular flexibility index (Phi) is 4.33. The highest BCUT2D eigenvalue weighted by Gasteiger charge is 2.38. The fourth-order valence-electron chi connectivity index (χ4n) is 2.60. The molecule has 0 fully saturated rings. The van der Waals surface area contributed by atoms with Gasteiger partial charge in [-0.05, 0) is 61.0 Å². The molecular weight excluding hydrogens is 396 g/mol. The van der Waals surface area contributed by atoms with Crippen molar-refractivity contribution in [3.05, 3.63) is 53.2 Å². The molecule has 0 atom stereocenters. The Hall–Kier alpha value is -2.95. The van der Waals surface area contributed by atoms with Crippen molar-refractivity contribution < 1.29 is 17.6 Å². The summed E-state index contributed by atoms with van der Waals surface area (Å²) in [5, 5.41) is 11.7. The standard InChI is InChI=1S/C17H12F4N6S/c1-8-9(2)14(26-27-13(8)24-25-15(27)17(19,20)21)28-16-22-7-12(23-16)10-3-5-11(18)6-4-10/h3-7H,1-2H3,(H,22,23). The monoisotopic (exact) mass is 408 g/mol. The molecule has 0 saturated carbocycles. The quantitative estimate of drug-likeness (QED) is 0.508. The molecule has 0 radical (unpaired) electrons. The number of halogens is 4. The zero-order chi connectivity index (χ0) is 20.1. The number of benzene rings is 1. The molecule has 1 aromatic carbocycles. The fraction of sp³-hybridized carbons (Fsp3) is 0.176. The van der Waals surface area contributed by atoms with Crippen LogP contribution in [0.1, 0.15) is 17.0 Å². The predicted octanol–water partition coefficient (Wildman–Crippen LogP) is 4.44. The van der Waals surface area contributed by atoms with E-state index in [2.05, 4.69) is 25.3 Å². The second kappa shape index (κ2) is 6.59. The molecule has 1 N–H and O–H groups in total. The molecule has 28 heavy (non-hydrogen) atoms. The van der Waals surface area contributed by atoms with Crippen LogP contribution >= 0.6 is 11.8 Å². The molecule has 4 rings (SSSR count). The van der Waals surface area contributed by atoms with Crippen molar-refractivity contribution >= 4 is 17.4 Å². The van der Waals surface area contributed by atoms with E-state index < -0.39 is 12.0 Å². The van der Waals surface area contributed by atoms with Crippen LogP contribution in [0.25, 0.3) is 16.9 Å². The van der Waals surface area contributed by atoms with E-state index in [1.165, 1.54) is 12.1 Å². The smallest absolute Gasteiger partial charge is 0.333 e. The lowest BCUT2D eigenvalue weighted by atomic mass is 10.2. The summed E-state index contributed by atoms with van der Waals surface area (Å²) >= 11 is 1.09. The van der Waals surface area contributed by atoms with Crippen LogP contribution in [0.15, 0.2) is 40.6 Å². The van der Waals surface area contributed by atoms with Crippen LogP contribution in [0.3, 0.4) is 0 Å². The molecule has 3 aromatic heterocycles. The summed E-state index contributed by atoms with van der Waals surface area (Å²) in [5.41, 5.74) is 2.67. The lowest BCUT2D eigenvalue weighted by Gasteiger charge is -2.09. The number of fused-ring (bicyclic) bond motifs is 1. The largest absolute Gasteiger partial charge is 0.453 e. The van der Waals surface area contributed by atoms with Gasteiger partial charge in [0.25, 0.3) is 5.82 Å². The first-order valence-corrected chi connectivity index (χ1v) is 8.84. The van der Waals surface area contributed by atoms with E-state index in [1.54, 1.807) is 32.2 Å². The minimum atomic E-state index is -4.67. The van der Waals surface area contributed by atoms with Gasteiger partial charge in [-0.1, -0.05) is 0 Å². The third-order valence-electron chi connectivity index (χ3n) is 4.20. The van der Waals surface area contributed by atoms with Gasteiger partial charge in [0.2, 0.25) is 0 Å². The number of H-pyrrole nitrogens is 1. The van der Waals surface area contributed by atoms with Gasteiger partial charge < -0.3 is 4.98 Å². The third kappa shape index (κ3) is 3.21. The number of rotatable bonds is 3. The van der Waals surface area contributed by atoms with E-state index in [9.17, 15) is 17.6 Å². The summed E-state index contributed by atoms with van der Waals surface area (Å²) in [6, 6.07) is 5.86. The number of aryl methyl sites for hydroxylation is 1. The van der Waals surface area contributed by atoms with Crippen LogP contribution in [0.4, 0.5) is 17.6 Å². The maximum absolute atomic E-state index is 13.1. The van der Waals surface area contributed by atoms with Crippen molar-refractivity contribution in [3.8, 4) is 11.3 Å². The Bertz CT molecular complexity index is 1160. The maximum atomic E-state index is 13.1. The van der Waals surface area contributed by atoms with Crippen LogP contribution < -0.4 is 0 Å². The van der Waals surface area contributed by atoms with Crippen LogP contribution in [0.2, 0.25) is 0 Å². The number of aromatic nitrogens is 6. The average molecular weight is 408 g/mol. The molecule has 0 unspecified atom stereocenters. The van der Waals surface area contributed by atoms with Gasteiger partial charge in [-0.3, -0.25) is 0 Å². The minimum absolute atomic E-state index is 0.0561. The number of hydrogen-bond donors (Lipinski definition) is 1. The Labute approximate surface area is 160 Å². The van der Waals surface area contributed by atoms with Gasteiger partial charge in [-0.15, -0.1) is 10.2 Å². The molecule has 0 aliphatic carbocycles. The van der Waals surface area contributed by atoms with Gasteiger partial charge in [0, 0.05) is 5.56 Å². The first-order valence-electron chi connectivity index (χ1n) is 8.02. The van der Waals surface area contributed by atoms with Gasteiger partial charge in [0.05, 0.1) is 11.9 Å². The molecule has 0 saturated heterocycles. The summed E-state index contributed by atoms with van der Waals surface area (Å²) in [4.78, 5) is 7.29. The molecule has 0 aliphatic rings. The maximum Gasteiger partial charge on any atom is 0.453 e. The highest BCUT2D eigenvalue weighted by molar-refractivity contribution is 7.99. The van der Waals surface area contributed by atoms with Gasteiger partial charge in [-0.25, -0.2) is 9.37 Å². The van der Waals surface area contributed by atoms with Crippen LogP contribution in [-0.2, 0) is 6.18 Å². The van der Waals surface area contributed by atoms with Gasteiger partial charge in [0.15, 0.2) is 10.8 Å². The van der Waals surface area contributed by atoms with Crippen molar-refractivity contribution in [2.45, 2.75) is 30.2 Å². The summed E-state index contributed by atoms with van der Waals surface area (Å²) < 4.78 is 53.2. The predicted molar refractivity (Wildman–Crippen MR) is 93.4 cm³/mol. The molecule has 11 heteroatoms. The normalized spacial score (nSPS) is 12.1. The third-order valence-corrected chi connectivity index (χ3v) is 5.19. The van der Waals surface area contributed by atoms with Crippen molar-refractivity contribution in [1.82, 2.24) is 29.8 Å². The van der Waals surface area contributed by atoms with Gasteiger partial charge >= 0.3 is 6.18 Å². The van der Waals surface area contributed by atoms with Crippen LogP contribution in [0, 0.1) is 19.7 Å². The molecule has 3 heterocycles. The van der Waals surface area contributed by atoms with E-state index >= 15 is 0 Å². The minimum Gasteiger partial charge on any atom is -0.333 e. The first kappa shape index (κ1) is 18.4. The van der Waals surface area contributed by atoms with E-state index in [-0.39, 0.29) is 11.5 Å². The molecule has 144 valence electrons. The number of aromatic amines is 1. The van der Waals surface area contributed by atoms with Crippen molar-refractivity contribution in [1.29, 1.82) is 0 Å². The summed E-state index contributed by atoms with van der Waals surface area (Å²) in [6.07, 6.45) is -3.10. The van der Waals surface area contributed by atoms with E-state index in [0.717, 1.165) is 17.3 Å². The van der Waals surface area contributed by atoms with Gasteiger partial charge in [-0.2, -0.15) is 22.8 Å². The van der Waals surface area contributed by atoms with E-state index in [0.29, 0.717) is 31.5 Å². The van der Waals surface area contributed by atoms with Crippen LogP contribution in [-0.4, -0.2) is 29.8 Å². The molecule has 4 aromatic rings. The van der Waals surface area contributed by atoms with Crippen LogP contribution in [0.5, 0.6) is 0 Å². The van der Waals surface area contributed by atoms with E-state index in [1.807, 2.05) is 0 Å². The Balaban J connectivity index is 1.72. The second-order valence-corrected chi connectivity index (χ2v) is 7.00. The summed E-state index contributed by atoms with van der Waals surface area (Å²) in [5.74, 6) is -1.53. The first-order chi connectivity index (χ1) is 13.2. The zero-order valence-corrected chi connectivity index (χ0v) is 15.4. The molecule has 0 aliphatic heterocycles. The fourth-order valence-corrected chi connectivity index (χ4v) is 3.48. The van der Waals surface area contributed by atoms with Crippen molar-refractivity contribution in [2.75, 3.05) is 0 Å². The van der Waals surface area contributed by atoms with E-state index in [4.69, 9.17) is 0 Å². The second-order valence-electron chi connectivity index (χ2n) is 6.02. The SMILES string of the molecule is Cc1c(Sc2ncc(-c3ccc(F)cc3)[nH]2)nn2c(C(F)(F)F)nnc2c1C. The zero-order valence-electron chi connectivity index (χ0n) is 14.5. The Morgan fingerprint density at radius 3 is 2.43 bits per heavy atom. The van der Waals surface area contributed by atoms with Crippen molar-refractivity contribution in [2.24, 2.45) is 0 Å². The summed E-state index contributed by atoms with van der Waals surface area (Å²) in [6.45, 7) is 3.41. The number of hydrogen-bond acceptors (Lipinski definition) is 5. The number of nitrogens with one attached hydrogen (secondary N) is 1. The lowest BCUT2D eigenvalue weighted by Crippen LogP contribution is -2.13. The summed E-state index contributed by atoms with van der Waals surface area (Å²) in [7, 11) is 0. The molecule has 0 spiro atoms. The average Bonchev–Trinajstić information content (AvgIpc) is 3.27. The number of alkyl halides is 3. The molecule has 0 amide bonds. The van der Waals surface area contributed by atoms with Gasteiger partial charge in [0.1, 0.15) is 10.8 Å².